The van der Waals surface area contributed by atoms with Crippen molar-refractivity contribution in [2.45, 2.75) is 20.8 Å². The number of nitrogens with one attached hydrogen (secondary N) is 1. The summed E-state index contributed by atoms with van der Waals surface area (Å²) in [5.74, 6) is 0.956. The van der Waals surface area contributed by atoms with Crippen LogP contribution in [-0.2, 0) is 0 Å². The fourth-order valence-electron chi connectivity index (χ4n) is 1.88. The van der Waals surface area contributed by atoms with Gasteiger partial charge >= 0.3 is 0 Å². The molecule has 0 aliphatic carbocycles. The molecule has 0 aliphatic heterocycles. The predicted octanol–water partition coefficient (Wildman–Crippen LogP) is 3.28. The van der Waals surface area contributed by atoms with Crippen molar-refractivity contribution in [2.24, 2.45) is 0 Å². The molecule has 0 amide bonds. The van der Waals surface area contributed by atoms with Gasteiger partial charge in [-0.3, -0.25) is 0 Å². The van der Waals surface area contributed by atoms with Gasteiger partial charge in [0.1, 0.15) is 5.82 Å². The van der Waals surface area contributed by atoms with E-state index in [1.807, 2.05) is 6.07 Å². The van der Waals surface area contributed by atoms with Gasteiger partial charge in [-0.1, -0.05) is 11.6 Å². The molecule has 2 aromatic rings. The highest BCUT2D eigenvalue weighted by Gasteiger charge is 2.01. The van der Waals surface area contributed by atoms with E-state index in [2.05, 4.69) is 49.3 Å². The van der Waals surface area contributed by atoms with Crippen molar-refractivity contribution in [2.75, 3.05) is 11.9 Å². The molecule has 0 aliphatic rings. The van der Waals surface area contributed by atoms with Crippen LogP contribution in [0, 0.1) is 13.8 Å². The first kappa shape index (κ1) is 9.97. The molecule has 1 aromatic heterocycles. The van der Waals surface area contributed by atoms with Gasteiger partial charge in [-0.25, -0.2) is 4.98 Å². The zero-order valence-corrected chi connectivity index (χ0v) is 9.46. The van der Waals surface area contributed by atoms with Crippen molar-refractivity contribution < 1.29 is 0 Å². The van der Waals surface area contributed by atoms with Crippen LogP contribution in [0.1, 0.15) is 18.1 Å². The normalized spacial score (nSPS) is 10.6. The third-order valence-electron chi connectivity index (χ3n) is 2.49. The molecular formula is C13H16N2. The summed E-state index contributed by atoms with van der Waals surface area (Å²) in [6, 6.07) is 8.50. The molecule has 0 bridgehead atoms. The molecule has 0 saturated carbocycles. The molecule has 15 heavy (non-hydrogen) atoms. The second kappa shape index (κ2) is 3.89. The number of anilines is 1. The highest BCUT2D eigenvalue weighted by atomic mass is 15.0. The lowest BCUT2D eigenvalue weighted by Crippen LogP contribution is -1.99. The van der Waals surface area contributed by atoms with E-state index >= 15 is 0 Å². The molecule has 2 heteroatoms. The third-order valence-corrected chi connectivity index (χ3v) is 2.49. The predicted molar refractivity (Wildman–Crippen MR) is 65.4 cm³/mol. The van der Waals surface area contributed by atoms with Crippen molar-refractivity contribution in [1.82, 2.24) is 4.98 Å². The number of pyridine rings is 1. The number of nitrogens with zero attached hydrogens (tertiary/aromatic N) is 1. The minimum absolute atomic E-state index is 0.906. The van der Waals surface area contributed by atoms with Crippen molar-refractivity contribution in [3.63, 3.8) is 0 Å². The van der Waals surface area contributed by atoms with E-state index in [9.17, 15) is 0 Å². The van der Waals surface area contributed by atoms with E-state index in [4.69, 9.17) is 0 Å². The van der Waals surface area contributed by atoms with Crippen LogP contribution in [-0.4, -0.2) is 11.5 Å². The van der Waals surface area contributed by atoms with Gasteiger partial charge in [-0.05, 0) is 44.5 Å². The Morgan fingerprint density at radius 2 is 2.00 bits per heavy atom. The fourth-order valence-corrected chi connectivity index (χ4v) is 1.88. The minimum Gasteiger partial charge on any atom is -0.370 e. The molecule has 0 spiro atoms. The first-order chi connectivity index (χ1) is 7.20. The Balaban J connectivity index is 2.60. The lowest BCUT2D eigenvalue weighted by atomic mass is 10.1. The van der Waals surface area contributed by atoms with Crippen LogP contribution >= 0.6 is 0 Å². The maximum Gasteiger partial charge on any atom is 0.126 e. The molecule has 0 fully saturated rings. The molecule has 0 radical (unpaired) electrons. The van der Waals surface area contributed by atoms with Crippen LogP contribution in [0.4, 0.5) is 5.82 Å². The minimum atomic E-state index is 0.906. The van der Waals surface area contributed by atoms with Crippen molar-refractivity contribution in [1.29, 1.82) is 0 Å². The lowest BCUT2D eigenvalue weighted by molar-refractivity contribution is 1.17. The van der Waals surface area contributed by atoms with Gasteiger partial charge in [0.15, 0.2) is 0 Å². The summed E-state index contributed by atoms with van der Waals surface area (Å²) in [7, 11) is 0. The van der Waals surface area contributed by atoms with Gasteiger partial charge in [0.05, 0.1) is 5.52 Å². The number of aryl methyl sites for hydroxylation is 2. The maximum atomic E-state index is 4.59. The Kier molecular flexibility index (Phi) is 2.58. The number of aromatic nitrogens is 1. The largest absolute Gasteiger partial charge is 0.370 e. The summed E-state index contributed by atoms with van der Waals surface area (Å²) in [5, 5.41) is 4.45. The van der Waals surface area contributed by atoms with E-state index in [0.717, 1.165) is 17.9 Å². The van der Waals surface area contributed by atoms with Gasteiger partial charge in [0, 0.05) is 11.9 Å². The van der Waals surface area contributed by atoms with E-state index in [1.54, 1.807) is 0 Å². The van der Waals surface area contributed by atoms with Crippen LogP contribution in [0.25, 0.3) is 10.9 Å². The Morgan fingerprint density at radius 3 is 2.73 bits per heavy atom. The summed E-state index contributed by atoms with van der Waals surface area (Å²) in [5.41, 5.74) is 3.63. The number of hydrogen-bond acceptors (Lipinski definition) is 2. The Bertz CT molecular complexity index is 489. The quantitative estimate of drug-likeness (QED) is 0.804. The van der Waals surface area contributed by atoms with Crippen molar-refractivity contribution in [3.8, 4) is 0 Å². The average Bonchev–Trinajstić information content (AvgIpc) is 2.19. The van der Waals surface area contributed by atoms with E-state index in [1.165, 1.54) is 16.5 Å². The second-order valence-electron chi connectivity index (χ2n) is 3.88. The summed E-state index contributed by atoms with van der Waals surface area (Å²) in [4.78, 5) is 4.59. The van der Waals surface area contributed by atoms with Crippen molar-refractivity contribution >= 4 is 16.7 Å². The van der Waals surface area contributed by atoms with Crippen LogP contribution in [0.3, 0.4) is 0 Å². The molecule has 0 atom stereocenters. The van der Waals surface area contributed by atoms with Crippen LogP contribution in [0.5, 0.6) is 0 Å². The van der Waals surface area contributed by atoms with E-state index in [-0.39, 0.29) is 0 Å². The summed E-state index contributed by atoms with van der Waals surface area (Å²) in [6.45, 7) is 7.21. The average molecular weight is 200 g/mol. The lowest BCUT2D eigenvalue weighted by Gasteiger charge is -2.07. The van der Waals surface area contributed by atoms with Crippen LogP contribution in [0.2, 0.25) is 0 Å². The second-order valence-corrected chi connectivity index (χ2v) is 3.88. The third kappa shape index (κ3) is 1.94. The zero-order valence-electron chi connectivity index (χ0n) is 9.46. The highest BCUT2D eigenvalue weighted by molar-refractivity contribution is 5.83. The Labute approximate surface area is 90.3 Å². The van der Waals surface area contributed by atoms with E-state index in [0.29, 0.717) is 0 Å². The smallest absolute Gasteiger partial charge is 0.126 e. The number of rotatable bonds is 2. The highest BCUT2D eigenvalue weighted by Crippen LogP contribution is 2.20. The Morgan fingerprint density at radius 1 is 1.20 bits per heavy atom. The van der Waals surface area contributed by atoms with Crippen LogP contribution in [0.15, 0.2) is 24.3 Å². The molecule has 1 N–H and O–H groups in total. The molecule has 1 heterocycles. The summed E-state index contributed by atoms with van der Waals surface area (Å²) in [6.07, 6.45) is 0. The summed E-state index contributed by atoms with van der Waals surface area (Å²) >= 11 is 0. The molecule has 0 unspecified atom stereocenters. The first-order valence-corrected chi connectivity index (χ1v) is 5.32. The van der Waals surface area contributed by atoms with Gasteiger partial charge < -0.3 is 5.32 Å². The number of fused-ring (bicyclic) bond motifs is 1. The van der Waals surface area contributed by atoms with Gasteiger partial charge in [0.2, 0.25) is 0 Å². The zero-order chi connectivity index (χ0) is 10.8. The molecule has 2 nitrogen and oxygen atoms in total. The standard InChI is InChI=1S/C13H16N2/c1-4-14-12-6-5-11-8-9(2)7-10(3)13(11)15-12/h5-8H,4H2,1-3H3,(H,14,15). The molecular weight excluding hydrogens is 184 g/mol. The molecule has 78 valence electrons. The van der Waals surface area contributed by atoms with E-state index < -0.39 is 0 Å². The maximum absolute atomic E-state index is 4.59. The topological polar surface area (TPSA) is 24.9 Å². The molecule has 2 rings (SSSR count). The summed E-state index contributed by atoms with van der Waals surface area (Å²) < 4.78 is 0. The monoisotopic (exact) mass is 200 g/mol. The SMILES string of the molecule is CCNc1ccc2cc(C)cc(C)c2n1. The van der Waals surface area contributed by atoms with Crippen LogP contribution < -0.4 is 5.32 Å². The fraction of sp³-hybridized carbons (Fsp3) is 0.308. The molecule has 0 saturated heterocycles. The van der Waals surface area contributed by atoms with Gasteiger partial charge in [0.25, 0.3) is 0 Å². The number of benzene rings is 1. The van der Waals surface area contributed by atoms with Crippen molar-refractivity contribution in [3.05, 3.63) is 35.4 Å². The first-order valence-electron chi connectivity index (χ1n) is 5.32. The molecule has 1 aromatic carbocycles. The number of hydrogen-bond donors (Lipinski definition) is 1. The van der Waals surface area contributed by atoms with Gasteiger partial charge in [-0.2, -0.15) is 0 Å². The Hall–Kier alpha value is -1.57. The van der Waals surface area contributed by atoms with Gasteiger partial charge in [-0.15, -0.1) is 0 Å².